The van der Waals surface area contributed by atoms with Gasteiger partial charge in [0.05, 0.1) is 6.10 Å². The van der Waals surface area contributed by atoms with Crippen molar-refractivity contribution in [3.05, 3.63) is 42.5 Å². The number of hydrogen-bond acceptors (Lipinski definition) is 3. The quantitative estimate of drug-likeness (QED) is 0.208. The van der Waals surface area contributed by atoms with Crippen LogP contribution in [0.1, 0.15) is 64.4 Å². The highest BCUT2D eigenvalue weighted by molar-refractivity contribution is 5.83. The third kappa shape index (κ3) is 8.30. The summed E-state index contributed by atoms with van der Waals surface area (Å²) in [6.45, 7) is 8.58. The van der Waals surface area contributed by atoms with Crippen LogP contribution in [0.5, 0.6) is 5.75 Å². The zero-order chi connectivity index (χ0) is 17.6. The first-order chi connectivity index (χ1) is 11.7. The largest absolute Gasteiger partial charge is 0.423 e. The average molecular weight is 332 g/mol. The first kappa shape index (κ1) is 20.4. The molecular weight excluding hydrogens is 300 g/mol. The molecule has 3 heteroatoms. The second kappa shape index (κ2) is 12.8. The van der Waals surface area contributed by atoms with Gasteiger partial charge in [0.2, 0.25) is 0 Å². The van der Waals surface area contributed by atoms with Crippen LogP contribution in [-0.2, 0) is 16.0 Å². The topological polar surface area (TPSA) is 35.5 Å². The molecule has 3 nitrogen and oxygen atoms in total. The predicted octanol–water partition coefficient (Wildman–Crippen LogP) is 5.48. The van der Waals surface area contributed by atoms with E-state index in [9.17, 15) is 4.79 Å². The number of para-hydroxylation sites is 1. The van der Waals surface area contributed by atoms with Crippen LogP contribution in [-0.4, -0.2) is 18.7 Å². The highest BCUT2D eigenvalue weighted by atomic mass is 16.5. The van der Waals surface area contributed by atoms with Gasteiger partial charge in [0.25, 0.3) is 0 Å². The van der Waals surface area contributed by atoms with Crippen molar-refractivity contribution in [3.8, 4) is 5.75 Å². The number of esters is 1. The Morgan fingerprint density at radius 1 is 1.12 bits per heavy atom. The SMILES string of the molecule is C=CC(=O)Oc1ccccc1CC(CCCCCCC)OCCC. The molecule has 1 aromatic carbocycles. The van der Waals surface area contributed by atoms with Crippen molar-refractivity contribution in [2.75, 3.05) is 6.61 Å². The average Bonchev–Trinajstić information content (AvgIpc) is 2.60. The normalized spacial score (nSPS) is 11.9. The zero-order valence-corrected chi connectivity index (χ0v) is 15.3. The van der Waals surface area contributed by atoms with Crippen LogP contribution in [0.25, 0.3) is 0 Å². The van der Waals surface area contributed by atoms with Gasteiger partial charge in [-0.25, -0.2) is 4.79 Å². The Kier molecular flexibility index (Phi) is 10.9. The van der Waals surface area contributed by atoms with Gasteiger partial charge in [0.1, 0.15) is 5.75 Å². The van der Waals surface area contributed by atoms with Crippen LogP contribution in [0, 0.1) is 0 Å². The maximum absolute atomic E-state index is 11.5. The lowest BCUT2D eigenvalue weighted by Gasteiger charge is -2.19. The Balaban J connectivity index is 2.64. The maximum atomic E-state index is 11.5. The second-order valence-electron chi connectivity index (χ2n) is 6.13. The van der Waals surface area contributed by atoms with Gasteiger partial charge >= 0.3 is 5.97 Å². The lowest BCUT2D eigenvalue weighted by molar-refractivity contribution is -0.129. The van der Waals surface area contributed by atoms with Gasteiger partial charge in [0, 0.05) is 19.1 Å². The minimum absolute atomic E-state index is 0.176. The number of benzene rings is 1. The predicted molar refractivity (Wildman–Crippen MR) is 99.4 cm³/mol. The van der Waals surface area contributed by atoms with Crippen LogP contribution in [0.2, 0.25) is 0 Å². The van der Waals surface area contributed by atoms with Crippen molar-refractivity contribution in [2.45, 2.75) is 71.3 Å². The Morgan fingerprint density at radius 2 is 1.88 bits per heavy atom. The van der Waals surface area contributed by atoms with E-state index in [2.05, 4.69) is 20.4 Å². The molecule has 0 aliphatic heterocycles. The molecule has 0 aromatic heterocycles. The molecule has 0 saturated carbocycles. The first-order valence-electron chi connectivity index (χ1n) is 9.25. The van der Waals surface area contributed by atoms with Gasteiger partial charge < -0.3 is 9.47 Å². The van der Waals surface area contributed by atoms with E-state index >= 15 is 0 Å². The Morgan fingerprint density at radius 3 is 2.58 bits per heavy atom. The third-order valence-corrected chi connectivity index (χ3v) is 3.98. The number of rotatable bonds is 13. The van der Waals surface area contributed by atoms with Crippen LogP contribution in [0.15, 0.2) is 36.9 Å². The molecule has 1 rings (SSSR count). The molecule has 0 spiro atoms. The molecule has 0 heterocycles. The van der Waals surface area contributed by atoms with Crippen molar-refractivity contribution in [2.24, 2.45) is 0 Å². The fourth-order valence-electron chi connectivity index (χ4n) is 2.67. The molecule has 134 valence electrons. The van der Waals surface area contributed by atoms with E-state index in [0.717, 1.165) is 31.4 Å². The zero-order valence-electron chi connectivity index (χ0n) is 15.3. The van der Waals surface area contributed by atoms with E-state index < -0.39 is 5.97 Å². The summed E-state index contributed by atoms with van der Waals surface area (Å²) >= 11 is 0. The fourth-order valence-corrected chi connectivity index (χ4v) is 2.67. The van der Waals surface area contributed by atoms with Gasteiger partial charge in [-0.15, -0.1) is 0 Å². The number of hydrogen-bond donors (Lipinski definition) is 0. The summed E-state index contributed by atoms with van der Waals surface area (Å²) in [5.74, 6) is 0.187. The van der Waals surface area contributed by atoms with E-state index in [1.165, 1.54) is 38.2 Å². The van der Waals surface area contributed by atoms with Crippen molar-refractivity contribution < 1.29 is 14.3 Å². The number of unbranched alkanes of at least 4 members (excludes halogenated alkanes) is 4. The fraction of sp³-hybridized carbons (Fsp3) is 0.571. The monoisotopic (exact) mass is 332 g/mol. The highest BCUT2D eigenvalue weighted by Crippen LogP contribution is 2.23. The number of ether oxygens (including phenoxy) is 2. The molecular formula is C21H32O3. The maximum Gasteiger partial charge on any atom is 0.335 e. The third-order valence-electron chi connectivity index (χ3n) is 3.98. The molecule has 0 fully saturated rings. The Bertz CT molecular complexity index is 482. The van der Waals surface area contributed by atoms with E-state index in [1.807, 2.05) is 24.3 Å². The summed E-state index contributed by atoms with van der Waals surface area (Å²) in [6.07, 6.45) is 10.5. The lowest BCUT2D eigenvalue weighted by atomic mass is 10.0. The van der Waals surface area contributed by atoms with E-state index in [0.29, 0.717) is 5.75 Å². The van der Waals surface area contributed by atoms with Crippen LogP contribution < -0.4 is 4.74 Å². The molecule has 0 saturated heterocycles. The first-order valence-corrected chi connectivity index (χ1v) is 9.25. The Labute approximate surface area is 147 Å². The molecule has 1 atom stereocenters. The smallest absolute Gasteiger partial charge is 0.335 e. The molecule has 0 amide bonds. The summed E-state index contributed by atoms with van der Waals surface area (Å²) in [7, 11) is 0. The molecule has 24 heavy (non-hydrogen) atoms. The van der Waals surface area contributed by atoms with Gasteiger partial charge in [0.15, 0.2) is 0 Å². The van der Waals surface area contributed by atoms with Crippen molar-refractivity contribution in [1.29, 1.82) is 0 Å². The van der Waals surface area contributed by atoms with Crippen molar-refractivity contribution in [1.82, 2.24) is 0 Å². The Hall–Kier alpha value is -1.61. The second-order valence-corrected chi connectivity index (χ2v) is 6.13. The number of carbonyl (C=O) groups is 1. The van der Waals surface area contributed by atoms with E-state index in [1.54, 1.807) is 0 Å². The van der Waals surface area contributed by atoms with Crippen LogP contribution >= 0.6 is 0 Å². The minimum atomic E-state index is -0.423. The molecule has 0 radical (unpaired) electrons. The summed E-state index contributed by atoms with van der Waals surface area (Å²) in [6, 6.07) is 7.68. The summed E-state index contributed by atoms with van der Waals surface area (Å²) in [5.41, 5.74) is 1.02. The van der Waals surface area contributed by atoms with Crippen molar-refractivity contribution >= 4 is 5.97 Å². The summed E-state index contributed by atoms with van der Waals surface area (Å²) in [5, 5.41) is 0. The van der Waals surface area contributed by atoms with Gasteiger partial charge in [-0.2, -0.15) is 0 Å². The molecule has 1 aromatic rings. The van der Waals surface area contributed by atoms with Crippen LogP contribution in [0.3, 0.4) is 0 Å². The lowest BCUT2D eigenvalue weighted by Crippen LogP contribution is -2.18. The summed E-state index contributed by atoms with van der Waals surface area (Å²) in [4.78, 5) is 11.5. The highest BCUT2D eigenvalue weighted by Gasteiger charge is 2.14. The number of carbonyl (C=O) groups excluding carboxylic acids is 1. The molecule has 0 aliphatic carbocycles. The van der Waals surface area contributed by atoms with Crippen LogP contribution in [0.4, 0.5) is 0 Å². The molecule has 1 unspecified atom stereocenters. The van der Waals surface area contributed by atoms with Crippen molar-refractivity contribution in [3.63, 3.8) is 0 Å². The minimum Gasteiger partial charge on any atom is -0.423 e. The molecule has 0 N–H and O–H groups in total. The molecule has 0 aliphatic rings. The summed E-state index contributed by atoms with van der Waals surface area (Å²) < 4.78 is 11.4. The van der Waals surface area contributed by atoms with Gasteiger partial charge in [-0.05, 0) is 24.5 Å². The molecule has 0 bridgehead atoms. The van der Waals surface area contributed by atoms with Gasteiger partial charge in [-0.3, -0.25) is 0 Å². The van der Waals surface area contributed by atoms with E-state index in [4.69, 9.17) is 9.47 Å². The standard InChI is InChI=1S/C21H32O3/c1-4-7-8-9-10-14-19(23-16-5-2)17-18-13-11-12-15-20(18)24-21(22)6-3/h6,11-13,15,19H,3-5,7-10,14,16-17H2,1-2H3. The van der Waals surface area contributed by atoms with E-state index in [-0.39, 0.29) is 6.10 Å². The van der Waals surface area contributed by atoms with Gasteiger partial charge in [-0.1, -0.05) is 70.7 Å².